The number of hydrogen-bond donors (Lipinski definition) is 2. The molecule has 1 heterocycles. The number of nitrogens with one attached hydrogen (secondary N) is 2. The van der Waals surface area contributed by atoms with E-state index < -0.39 is 23.4 Å². The molecule has 1 aliphatic rings. The van der Waals surface area contributed by atoms with E-state index in [0.717, 1.165) is 10.5 Å². The summed E-state index contributed by atoms with van der Waals surface area (Å²) in [4.78, 5) is 39.2. The second kappa shape index (κ2) is 9.16. The molecule has 1 atom stereocenters. The first-order valence-corrected chi connectivity index (χ1v) is 10.8. The van der Waals surface area contributed by atoms with Crippen LogP contribution in [0.5, 0.6) is 11.5 Å². The van der Waals surface area contributed by atoms with E-state index in [1.54, 1.807) is 36.4 Å². The molecule has 0 saturated carbocycles. The van der Waals surface area contributed by atoms with Crippen LogP contribution in [0.25, 0.3) is 0 Å². The van der Waals surface area contributed by atoms with Crippen LogP contribution in [0.3, 0.4) is 0 Å². The second-order valence-corrected chi connectivity index (χ2v) is 7.93. The molecule has 0 aromatic heterocycles. The number of hydrogen-bond acceptors (Lipinski definition) is 4. The summed E-state index contributed by atoms with van der Waals surface area (Å²) in [6, 6.07) is 23.1. The zero-order valence-corrected chi connectivity index (χ0v) is 18.5. The van der Waals surface area contributed by atoms with Crippen LogP contribution in [0.2, 0.25) is 0 Å². The molecule has 3 aromatic rings. The quantitative estimate of drug-likeness (QED) is 0.523. The molecule has 1 aliphatic heterocycles. The molecule has 0 spiro atoms. The fraction of sp³-hybridized carbons (Fsp3) is 0.192. The van der Waals surface area contributed by atoms with Gasteiger partial charge in [-0.1, -0.05) is 55.0 Å². The van der Waals surface area contributed by atoms with E-state index in [-0.39, 0.29) is 6.54 Å². The van der Waals surface area contributed by atoms with E-state index in [9.17, 15) is 14.4 Å². The van der Waals surface area contributed by atoms with E-state index in [4.69, 9.17) is 4.74 Å². The first-order chi connectivity index (χ1) is 15.9. The number of amides is 4. The van der Waals surface area contributed by atoms with Gasteiger partial charge in [0, 0.05) is 5.69 Å². The van der Waals surface area contributed by atoms with Crippen molar-refractivity contribution in [2.45, 2.75) is 25.8 Å². The summed E-state index contributed by atoms with van der Waals surface area (Å²) in [5.74, 6) is 0.444. The fourth-order valence-electron chi connectivity index (χ4n) is 3.82. The molecular weight excluding hydrogens is 418 g/mol. The molecular formula is C26H25N3O4. The molecule has 1 saturated heterocycles. The smallest absolute Gasteiger partial charge is 0.325 e. The molecule has 0 radical (unpaired) electrons. The van der Waals surface area contributed by atoms with Crippen molar-refractivity contribution in [2.24, 2.45) is 0 Å². The van der Waals surface area contributed by atoms with Gasteiger partial charge in [-0.15, -0.1) is 0 Å². The highest BCUT2D eigenvalue weighted by Crippen LogP contribution is 2.32. The number of ether oxygens (including phenoxy) is 1. The van der Waals surface area contributed by atoms with Gasteiger partial charge in [-0.2, -0.15) is 0 Å². The Morgan fingerprint density at radius 2 is 1.55 bits per heavy atom. The lowest BCUT2D eigenvalue weighted by atomic mass is 9.87. The van der Waals surface area contributed by atoms with Gasteiger partial charge in [-0.25, -0.2) is 4.79 Å². The number of aryl methyl sites for hydroxylation is 1. The third-order valence-electron chi connectivity index (χ3n) is 5.67. The maximum atomic E-state index is 13.1. The summed E-state index contributed by atoms with van der Waals surface area (Å²) in [7, 11) is 0. The Morgan fingerprint density at radius 3 is 2.15 bits per heavy atom. The molecule has 2 N–H and O–H groups in total. The summed E-state index contributed by atoms with van der Waals surface area (Å²) < 4.78 is 5.79. The summed E-state index contributed by atoms with van der Waals surface area (Å²) in [5.41, 5.74) is 1.21. The van der Waals surface area contributed by atoms with Crippen LogP contribution < -0.4 is 15.4 Å². The molecule has 0 unspecified atom stereocenters. The van der Waals surface area contributed by atoms with Gasteiger partial charge < -0.3 is 15.4 Å². The Morgan fingerprint density at radius 1 is 0.939 bits per heavy atom. The lowest BCUT2D eigenvalue weighted by Gasteiger charge is -2.25. The van der Waals surface area contributed by atoms with Crippen molar-refractivity contribution >= 4 is 23.5 Å². The minimum absolute atomic E-state index is 0.374. The van der Waals surface area contributed by atoms with Crippen molar-refractivity contribution in [3.63, 3.8) is 0 Å². The first-order valence-electron chi connectivity index (χ1n) is 10.8. The van der Waals surface area contributed by atoms with Crippen LogP contribution in [0, 0.1) is 6.92 Å². The fourth-order valence-corrected chi connectivity index (χ4v) is 3.82. The monoisotopic (exact) mass is 443 g/mol. The topological polar surface area (TPSA) is 87.7 Å². The van der Waals surface area contributed by atoms with Gasteiger partial charge in [-0.05, 0) is 55.3 Å². The molecule has 168 valence electrons. The van der Waals surface area contributed by atoms with Crippen molar-refractivity contribution in [2.75, 3.05) is 11.9 Å². The molecule has 1 fully saturated rings. The normalized spacial score (nSPS) is 17.6. The third-order valence-corrected chi connectivity index (χ3v) is 5.67. The van der Waals surface area contributed by atoms with Crippen molar-refractivity contribution in [1.29, 1.82) is 0 Å². The van der Waals surface area contributed by atoms with Gasteiger partial charge in [0.15, 0.2) is 0 Å². The highest BCUT2D eigenvalue weighted by Gasteiger charge is 2.51. The van der Waals surface area contributed by atoms with Gasteiger partial charge in [0.05, 0.1) is 0 Å². The second-order valence-electron chi connectivity index (χ2n) is 7.93. The van der Waals surface area contributed by atoms with Gasteiger partial charge in [0.1, 0.15) is 23.6 Å². The maximum Gasteiger partial charge on any atom is 0.325 e. The van der Waals surface area contributed by atoms with E-state index in [0.29, 0.717) is 29.2 Å². The first kappa shape index (κ1) is 22.1. The van der Waals surface area contributed by atoms with Crippen molar-refractivity contribution < 1.29 is 19.1 Å². The zero-order chi connectivity index (χ0) is 23.4. The zero-order valence-electron chi connectivity index (χ0n) is 18.5. The Kier molecular flexibility index (Phi) is 6.13. The summed E-state index contributed by atoms with van der Waals surface area (Å²) in [6.07, 6.45) is 0.377. The molecule has 4 rings (SSSR count). The molecule has 0 bridgehead atoms. The average molecular weight is 444 g/mol. The van der Waals surface area contributed by atoms with Crippen molar-refractivity contribution in [1.82, 2.24) is 10.2 Å². The standard InChI is InChI=1S/C26H25N3O4/c1-3-26(19-7-5-4-6-8-19)24(31)29(25(32)28-26)17-23(30)27-20-11-15-22(16-12-20)33-21-13-9-18(2)10-14-21/h4-16H,3,17H2,1-2H3,(H,27,30)(H,28,32)/t26-/m1/s1. The van der Waals surface area contributed by atoms with Crippen molar-refractivity contribution in [3.05, 3.63) is 90.0 Å². The largest absolute Gasteiger partial charge is 0.457 e. The lowest BCUT2D eigenvalue weighted by Crippen LogP contribution is -2.44. The Bertz CT molecular complexity index is 1160. The van der Waals surface area contributed by atoms with Crippen LogP contribution in [0.15, 0.2) is 78.9 Å². The Hall–Kier alpha value is -4.13. The summed E-state index contributed by atoms with van der Waals surface area (Å²) >= 11 is 0. The van der Waals surface area contributed by atoms with Gasteiger partial charge in [0.2, 0.25) is 5.91 Å². The Labute approximate surface area is 192 Å². The molecule has 33 heavy (non-hydrogen) atoms. The maximum absolute atomic E-state index is 13.1. The van der Waals surface area contributed by atoms with E-state index in [1.165, 1.54) is 0 Å². The van der Waals surface area contributed by atoms with Crippen molar-refractivity contribution in [3.8, 4) is 11.5 Å². The SMILES string of the molecule is CC[C@]1(c2ccccc2)NC(=O)N(CC(=O)Nc2ccc(Oc3ccc(C)cc3)cc2)C1=O. The number of rotatable bonds is 7. The number of carbonyl (C=O) groups is 3. The van der Waals surface area contributed by atoms with E-state index in [2.05, 4.69) is 10.6 Å². The molecule has 4 amide bonds. The van der Waals surface area contributed by atoms with Crippen LogP contribution in [0.1, 0.15) is 24.5 Å². The molecule has 3 aromatic carbocycles. The predicted octanol–water partition coefficient (Wildman–Crippen LogP) is 4.58. The van der Waals surface area contributed by atoms with Crippen LogP contribution >= 0.6 is 0 Å². The minimum Gasteiger partial charge on any atom is -0.457 e. The third kappa shape index (κ3) is 4.57. The highest BCUT2D eigenvalue weighted by atomic mass is 16.5. The average Bonchev–Trinajstić information content (AvgIpc) is 3.07. The number of benzene rings is 3. The molecule has 0 aliphatic carbocycles. The van der Waals surface area contributed by atoms with Crippen LogP contribution in [-0.4, -0.2) is 29.3 Å². The minimum atomic E-state index is -1.16. The van der Waals surface area contributed by atoms with Crippen LogP contribution in [0.4, 0.5) is 10.5 Å². The number of anilines is 1. The predicted molar refractivity (Wildman–Crippen MR) is 125 cm³/mol. The lowest BCUT2D eigenvalue weighted by molar-refractivity contribution is -0.134. The van der Waals surface area contributed by atoms with E-state index in [1.807, 2.05) is 56.3 Å². The number of carbonyl (C=O) groups excluding carboxylic acids is 3. The Balaban J connectivity index is 1.40. The number of nitrogens with zero attached hydrogens (tertiary/aromatic N) is 1. The molecule has 7 nitrogen and oxygen atoms in total. The highest BCUT2D eigenvalue weighted by molar-refractivity contribution is 6.10. The number of urea groups is 1. The summed E-state index contributed by atoms with van der Waals surface area (Å²) in [5, 5.41) is 5.50. The summed E-state index contributed by atoms with van der Waals surface area (Å²) in [6.45, 7) is 3.46. The van der Waals surface area contributed by atoms with Gasteiger partial charge >= 0.3 is 6.03 Å². The molecule has 7 heteroatoms. The van der Waals surface area contributed by atoms with Crippen LogP contribution in [-0.2, 0) is 15.1 Å². The number of imide groups is 1. The van der Waals surface area contributed by atoms with Gasteiger partial charge in [-0.3, -0.25) is 14.5 Å². The van der Waals surface area contributed by atoms with E-state index >= 15 is 0 Å². The van der Waals surface area contributed by atoms with Gasteiger partial charge in [0.25, 0.3) is 5.91 Å².